The SMILES string of the molecule is COc1ccc(-c2ccc(CN)c(F)c2)c(OC)c1Br. The molecule has 0 atom stereocenters. The molecule has 0 fully saturated rings. The summed E-state index contributed by atoms with van der Waals surface area (Å²) in [5.41, 5.74) is 7.46. The van der Waals surface area contributed by atoms with Crippen molar-refractivity contribution in [1.82, 2.24) is 0 Å². The summed E-state index contributed by atoms with van der Waals surface area (Å²) in [5.74, 6) is 0.938. The molecule has 5 heteroatoms. The lowest BCUT2D eigenvalue weighted by molar-refractivity contribution is 0.390. The lowest BCUT2D eigenvalue weighted by atomic mass is 10.0. The number of ether oxygens (including phenoxy) is 2. The van der Waals surface area contributed by atoms with Gasteiger partial charge in [-0.2, -0.15) is 0 Å². The highest BCUT2D eigenvalue weighted by Gasteiger charge is 2.15. The van der Waals surface area contributed by atoms with Crippen molar-refractivity contribution in [2.45, 2.75) is 6.54 Å². The van der Waals surface area contributed by atoms with Crippen molar-refractivity contribution in [2.75, 3.05) is 14.2 Å². The van der Waals surface area contributed by atoms with Crippen LogP contribution in [0.2, 0.25) is 0 Å². The molecule has 0 aliphatic carbocycles. The van der Waals surface area contributed by atoms with Crippen LogP contribution in [-0.4, -0.2) is 14.2 Å². The van der Waals surface area contributed by atoms with Crippen LogP contribution >= 0.6 is 15.9 Å². The van der Waals surface area contributed by atoms with E-state index in [4.69, 9.17) is 15.2 Å². The Morgan fingerprint density at radius 3 is 2.45 bits per heavy atom. The van der Waals surface area contributed by atoms with Gasteiger partial charge in [-0.25, -0.2) is 4.39 Å². The van der Waals surface area contributed by atoms with E-state index in [1.54, 1.807) is 26.4 Å². The first kappa shape index (κ1) is 14.8. The topological polar surface area (TPSA) is 44.5 Å². The summed E-state index contributed by atoms with van der Waals surface area (Å²) in [7, 11) is 3.14. The van der Waals surface area contributed by atoms with Crippen LogP contribution in [0.25, 0.3) is 11.1 Å². The van der Waals surface area contributed by atoms with Gasteiger partial charge in [0.25, 0.3) is 0 Å². The second-order valence-electron chi connectivity index (χ2n) is 4.17. The van der Waals surface area contributed by atoms with Crippen LogP contribution in [0.3, 0.4) is 0 Å². The summed E-state index contributed by atoms with van der Waals surface area (Å²) in [6.45, 7) is 0.176. The van der Waals surface area contributed by atoms with Gasteiger partial charge in [0.1, 0.15) is 21.8 Å². The third-order valence-electron chi connectivity index (χ3n) is 3.07. The number of nitrogens with two attached hydrogens (primary N) is 1. The molecular weight excluding hydrogens is 325 g/mol. The quantitative estimate of drug-likeness (QED) is 0.922. The van der Waals surface area contributed by atoms with Gasteiger partial charge in [-0.05, 0) is 39.7 Å². The highest BCUT2D eigenvalue weighted by molar-refractivity contribution is 9.10. The van der Waals surface area contributed by atoms with E-state index in [0.29, 0.717) is 21.5 Å². The van der Waals surface area contributed by atoms with Crippen molar-refractivity contribution in [2.24, 2.45) is 5.73 Å². The van der Waals surface area contributed by atoms with E-state index in [-0.39, 0.29) is 12.4 Å². The van der Waals surface area contributed by atoms with E-state index in [1.165, 1.54) is 6.07 Å². The maximum atomic E-state index is 13.9. The number of hydrogen-bond acceptors (Lipinski definition) is 3. The summed E-state index contributed by atoms with van der Waals surface area (Å²) < 4.78 is 25.2. The molecule has 2 aromatic carbocycles. The molecule has 0 saturated carbocycles. The van der Waals surface area contributed by atoms with Gasteiger partial charge in [0, 0.05) is 17.7 Å². The highest BCUT2D eigenvalue weighted by atomic mass is 79.9. The fourth-order valence-corrected chi connectivity index (χ4v) is 2.67. The highest BCUT2D eigenvalue weighted by Crippen LogP contribution is 2.42. The van der Waals surface area contributed by atoms with Gasteiger partial charge in [-0.1, -0.05) is 12.1 Å². The van der Waals surface area contributed by atoms with Crippen molar-refractivity contribution >= 4 is 15.9 Å². The Balaban J connectivity index is 2.58. The Labute approximate surface area is 125 Å². The molecule has 0 heterocycles. The zero-order valence-corrected chi connectivity index (χ0v) is 12.8. The molecule has 0 amide bonds. The number of rotatable bonds is 4. The fourth-order valence-electron chi connectivity index (χ4n) is 2.00. The third-order valence-corrected chi connectivity index (χ3v) is 3.82. The molecular formula is C15H15BrFNO2. The summed E-state index contributed by atoms with van der Waals surface area (Å²) >= 11 is 3.43. The minimum absolute atomic E-state index is 0.176. The van der Waals surface area contributed by atoms with E-state index in [1.807, 2.05) is 12.1 Å². The average molecular weight is 340 g/mol. The van der Waals surface area contributed by atoms with Gasteiger partial charge >= 0.3 is 0 Å². The summed E-state index contributed by atoms with van der Waals surface area (Å²) in [6, 6.07) is 8.60. The summed E-state index contributed by atoms with van der Waals surface area (Å²) in [4.78, 5) is 0. The molecule has 3 nitrogen and oxygen atoms in total. The molecule has 0 radical (unpaired) electrons. The zero-order valence-electron chi connectivity index (χ0n) is 11.2. The molecule has 106 valence electrons. The molecule has 0 aromatic heterocycles. The summed E-state index contributed by atoms with van der Waals surface area (Å²) in [5, 5.41) is 0. The second-order valence-corrected chi connectivity index (χ2v) is 4.97. The molecule has 2 N–H and O–H groups in total. The van der Waals surface area contributed by atoms with Crippen LogP contribution in [-0.2, 0) is 6.54 Å². The lowest BCUT2D eigenvalue weighted by Crippen LogP contribution is -2.00. The van der Waals surface area contributed by atoms with Crippen LogP contribution < -0.4 is 15.2 Å². The van der Waals surface area contributed by atoms with Crippen LogP contribution in [0, 0.1) is 5.82 Å². The maximum absolute atomic E-state index is 13.9. The van der Waals surface area contributed by atoms with Crippen LogP contribution in [0.5, 0.6) is 11.5 Å². The van der Waals surface area contributed by atoms with Crippen LogP contribution in [0.15, 0.2) is 34.8 Å². The normalized spacial score (nSPS) is 10.4. The van der Waals surface area contributed by atoms with Crippen molar-refractivity contribution in [3.05, 3.63) is 46.2 Å². The first-order valence-electron chi connectivity index (χ1n) is 6.01. The number of halogens is 2. The van der Waals surface area contributed by atoms with Gasteiger partial charge in [0.2, 0.25) is 0 Å². The van der Waals surface area contributed by atoms with Crippen molar-refractivity contribution in [3.63, 3.8) is 0 Å². The van der Waals surface area contributed by atoms with Crippen molar-refractivity contribution < 1.29 is 13.9 Å². The minimum Gasteiger partial charge on any atom is -0.495 e. The predicted molar refractivity (Wildman–Crippen MR) is 80.5 cm³/mol. The average Bonchev–Trinajstić information content (AvgIpc) is 2.46. The van der Waals surface area contributed by atoms with Gasteiger partial charge in [0.05, 0.1) is 14.2 Å². The molecule has 0 aliphatic heterocycles. The fraction of sp³-hybridized carbons (Fsp3) is 0.200. The number of hydrogen-bond donors (Lipinski definition) is 1. The standard InChI is InChI=1S/C15H15BrFNO2/c1-19-13-6-5-11(15(20-2)14(13)16)9-3-4-10(8-18)12(17)7-9/h3-7H,8,18H2,1-2H3. The van der Waals surface area contributed by atoms with E-state index in [9.17, 15) is 4.39 Å². The molecule has 2 aromatic rings. The van der Waals surface area contributed by atoms with E-state index >= 15 is 0 Å². The van der Waals surface area contributed by atoms with Gasteiger partial charge in [-0.3, -0.25) is 0 Å². The van der Waals surface area contributed by atoms with Crippen molar-refractivity contribution in [1.29, 1.82) is 0 Å². The molecule has 2 rings (SSSR count). The Morgan fingerprint density at radius 2 is 1.90 bits per heavy atom. The maximum Gasteiger partial charge on any atom is 0.144 e. The molecule has 0 unspecified atom stereocenters. The number of benzene rings is 2. The Bertz CT molecular complexity index is 632. The Morgan fingerprint density at radius 1 is 1.15 bits per heavy atom. The molecule has 0 saturated heterocycles. The largest absolute Gasteiger partial charge is 0.495 e. The molecule has 0 aliphatic rings. The van der Waals surface area contributed by atoms with Gasteiger partial charge in [-0.15, -0.1) is 0 Å². The van der Waals surface area contributed by atoms with Gasteiger partial charge in [0.15, 0.2) is 0 Å². The van der Waals surface area contributed by atoms with Crippen LogP contribution in [0.4, 0.5) is 4.39 Å². The van der Waals surface area contributed by atoms with E-state index in [0.717, 1.165) is 11.1 Å². The molecule has 0 spiro atoms. The minimum atomic E-state index is -0.320. The third kappa shape index (κ3) is 2.64. The lowest BCUT2D eigenvalue weighted by Gasteiger charge is -2.14. The predicted octanol–water partition coefficient (Wildman–Crippen LogP) is 3.73. The Hall–Kier alpha value is -1.59. The molecule has 20 heavy (non-hydrogen) atoms. The molecule has 0 bridgehead atoms. The van der Waals surface area contributed by atoms with Gasteiger partial charge < -0.3 is 15.2 Å². The first-order chi connectivity index (χ1) is 9.62. The monoisotopic (exact) mass is 339 g/mol. The van der Waals surface area contributed by atoms with E-state index < -0.39 is 0 Å². The number of methoxy groups -OCH3 is 2. The van der Waals surface area contributed by atoms with E-state index in [2.05, 4.69) is 15.9 Å². The second kappa shape index (κ2) is 6.24. The smallest absolute Gasteiger partial charge is 0.144 e. The summed E-state index contributed by atoms with van der Waals surface area (Å²) in [6.07, 6.45) is 0. The Kier molecular flexibility index (Phi) is 4.62. The van der Waals surface area contributed by atoms with Crippen molar-refractivity contribution in [3.8, 4) is 22.6 Å². The van der Waals surface area contributed by atoms with Crippen LogP contribution in [0.1, 0.15) is 5.56 Å². The zero-order chi connectivity index (χ0) is 14.7. The first-order valence-corrected chi connectivity index (χ1v) is 6.81.